The lowest BCUT2D eigenvalue weighted by Crippen LogP contribution is -2.42. The largest absolute Gasteiger partial charge is 0.505 e. The van der Waals surface area contributed by atoms with Crippen molar-refractivity contribution >= 4 is 0 Å². The number of fused-ring (bicyclic) bond motifs is 1. The summed E-state index contributed by atoms with van der Waals surface area (Å²) in [5.74, 6) is -0.185. The zero-order chi connectivity index (χ0) is 12.8. The van der Waals surface area contributed by atoms with Crippen LogP contribution in [0.5, 0.6) is 17.2 Å². The van der Waals surface area contributed by atoms with Gasteiger partial charge in [0.2, 0.25) is 0 Å². The van der Waals surface area contributed by atoms with Crippen molar-refractivity contribution in [1.82, 2.24) is 0 Å². The predicted octanol–water partition coefficient (Wildman–Crippen LogP) is 1.68. The topological polar surface area (TPSA) is 64.7 Å². The predicted molar refractivity (Wildman–Crippen MR) is 63.6 cm³/mol. The van der Waals surface area contributed by atoms with Crippen molar-refractivity contribution in [3.8, 4) is 17.2 Å². The Bertz CT molecular complexity index is 480. The molecule has 0 aromatic heterocycles. The number of phenols is 1. The molecule has 0 radical (unpaired) electrons. The first-order valence-electron chi connectivity index (χ1n) is 6.19. The van der Waals surface area contributed by atoms with Gasteiger partial charge in [-0.05, 0) is 12.8 Å². The number of hydrogen-bond acceptors (Lipinski definition) is 4. The lowest BCUT2D eigenvalue weighted by molar-refractivity contribution is 0.155. The second kappa shape index (κ2) is 4.02. The molecule has 0 bridgehead atoms. The monoisotopic (exact) mass is 253 g/mol. The van der Waals surface area contributed by atoms with Crippen LogP contribution >= 0.6 is 0 Å². The molecule has 1 aromatic carbocycles. The zero-order valence-corrected chi connectivity index (χ0v) is 10.0. The smallest absolute Gasteiger partial charge is 0.169 e. The van der Waals surface area contributed by atoms with Gasteiger partial charge in [-0.15, -0.1) is 0 Å². The van der Waals surface area contributed by atoms with Crippen molar-refractivity contribution in [1.29, 1.82) is 0 Å². The number of halogens is 1. The number of aromatic hydroxyl groups is 1. The fourth-order valence-electron chi connectivity index (χ4n) is 2.80. The van der Waals surface area contributed by atoms with Crippen LogP contribution in [0.4, 0.5) is 4.39 Å². The minimum Gasteiger partial charge on any atom is -0.505 e. The standard InChI is InChI=1S/C13H16FNO3/c14-8-6-9-12(18-5-4-17-9)10(11(8)16)13(7-15)2-1-3-13/h6,16H,1-5,7,15H2. The Labute approximate surface area is 105 Å². The Morgan fingerprint density at radius 3 is 2.67 bits per heavy atom. The highest BCUT2D eigenvalue weighted by molar-refractivity contribution is 5.59. The molecule has 4 nitrogen and oxygen atoms in total. The normalized spacial score (nSPS) is 20.3. The van der Waals surface area contributed by atoms with E-state index >= 15 is 0 Å². The average molecular weight is 253 g/mol. The van der Waals surface area contributed by atoms with Crippen LogP contribution in [0.1, 0.15) is 24.8 Å². The first-order chi connectivity index (χ1) is 8.68. The molecular weight excluding hydrogens is 237 g/mol. The maximum Gasteiger partial charge on any atom is 0.169 e. The summed E-state index contributed by atoms with van der Waals surface area (Å²) in [6, 6.07) is 1.18. The quantitative estimate of drug-likeness (QED) is 0.841. The summed E-state index contributed by atoms with van der Waals surface area (Å²) >= 11 is 0. The van der Waals surface area contributed by atoms with E-state index in [9.17, 15) is 9.50 Å². The summed E-state index contributed by atoms with van der Waals surface area (Å²) in [6.07, 6.45) is 2.72. The van der Waals surface area contributed by atoms with Crippen molar-refractivity contribution in [2.75, 3.05) is 19.8 Å². The first-order valence-corrected chi connectivity index (χ1v) is 6.19. The van der Waals surface area contributed by atoms with Crippen LogP contribution in [-0.4, -0.2) is 24.9 Å². The summed E-state index contributed by atoms with van der Waals surface area (Å²) in [5.41, 5.74) is 5.95. The summed E-state index contributed by atoms with van der Waals surface area (Å²) in [7, 11) is 0. The van der Waals surface area contributed by atoms with Crippen LogP contribution in [-0.2, 0) is 5.41 Å². The molecule has 3 N–H and O–H groups in total. The van der Waals surface area contributed by atoms with Crippen LogP contribution in [0.25, 0.3) is 0 Å². The minimum absolute atomic E-state index is 0.343. The fourth-order valence-corrected chi connectivity index (χ4v) is 2.80. The van der Waals surface area contributed by atoms with E-state index < -0.39 is 5.82 Å². The molecule has 18 heavy (non-hydrogen) atoms. The summed E-state index contributed by atoms with van der Waals surface area (Å²) in [5, 5.41) is 10.0. The molecule has 5 heteroatoms. The van der Waals surface area contributed by atoms with E-state index in [2.05, 4.69) is 0 Å². The molecule has 98 valence electrons. The van der Waals surface area contributed by atoms with Gasteiger partial charge in [-0.25, -0.2) is 4.39 Å². The molecule has 0 spiro atoms. The Kier molecular flexibility index (Phi) is 2.59. The van der Waals surface area contributed by atoms with E-state index in [1.807, 2.05) is 0 Å². The highest BCUT2D eigenvalue weighted by Gasteiger charge is 2.44. The lowest BCUT2D eigenvalue weighted by Gasteiger charge is -2.43. The third kappa shape index (κ3) is 1.47. The van der Waals surface area contributed by atoms with Gasteiger partial charge in [0.05, 0.1) is 5.56 Å². The molecule has 0 unspecified atom stereocenters. The van der Waals surface area contributed by atoms with Gasteiger partial charge in [0.15, 0.2) is 23.1 Å². The van der Waals surface area contributed by atoms with Crippen LogP contribution in [0.3, 0.4) is 0 Å². The van der Waals surface area contributed by atoms with Crippen LogP contribution in [0.2, 0.25) is 0 Å². The Morgan fingerprint density at radius 1 is 1.33 bits per heavy atom. The van der Waals surface area contributed by atoms with Crippen molar-refractivity contribution < 1.29 is 19.0 Å². The molecule has 3 rings (SSSR count). The van der Waals surface area contributed by atoms with Gasteiger partial charge in [-0.2, -0.15) is 0 Å². The number of ether oxygens (including phenoxy) is 2. The molecule has 1 heterocycles. The van der Waals surface area contributed by atoms with Crippen LogP contribution in [0, 0.1) is 5.82 Å². The molecular formula is C13H16FNO3. The summed E-state index contributed by atoms with van der Waals surface area (Å²) < 4.78 is 24.7. The molecule has 1 aliphatic carbocycles. The lowest BCUT2D eigenvalue weighted by atomic mass is 9.64. The van der Waals surface area contributed by atoms with Crippen molar-refractivity contribution in [2.24, 2.45) is 5.73 Å². The Hall–Kier alpha value is -1.49. The number of phenolic OH excluding ortho intramolecular Hbond substituents is 1. The Morgan fingerprint density at radius 2 is 2.06 bits per heavy atom. The highest BCUT2D eigenvalue weighted by Crippen LogP contribution is 2.53. The minimum atomic E-state index is -0.672. The molecule has 0 saturated heterocycles. The van der Waals surface area contributed by atoms with Crippen LogP contribution < -0.4 is 15.2 Å². The average Bonchev–Trinajstić information content (AvgIpc) is 2.33. The summed E-state index contributed by atoms with van der Waals surface area (Å²) in [6.45, 7) is 1.18. The third-order valence-corrected chi connectivity index (χ3v) is 3.99. The first kappa shape index (κ1) is 11.6. The number of hydrogen-bond donors (Lipinski definition) is 2. The number of benzene rings is 1. The zero-order valence-electron chi connectivity index (χ0n) is 10.0. The third-order valence-electron chi connectivity index (χ3n) is 3.99. The second-order valence-electron chi connectivity index (χ2n) is 4.94. The van der Waals surface area contributed by atoms with Crippen molar-refractivity contribution in [3.63, 3.8) is 0 Å². The molecule has 1 saturated carbocycles. The van der Waals surface area contributed by atoms with Crippen molar-refractivity contribution in [3.05, 3.63) is 17.4 Å². The van der Waals surface area contributed by atoms with Gasteiger partial charge in [0.1, 0.15) is 13.2 Å². The molecule has 1 aromatic rings. The fraction of sp³-hybridized carbons (Fsp3) is 0.538. The van der Waals surface area contributed by atoms with Crippen LogP contribution in [0.15, 0.2) is 6.07 Å². The van der Waals surface area contributed by atoms with Gasteiger partial charge in [0.25, 0.3) is 0 Å². The maximum atomic E-state index is 13.8. The molecule has 0 amide bonds. The van der Waals surface area contributed by atoms with Gasteiger partial charge < -0.3 is 20.3 Å². The summed E-state index contributed by atoms with van der Waals surface area (Å²) in [4.78, 5) is 0. The molecule has 2 aliphatic rings. The second-order valence-corrected chi connectivity index (χ2v) is 4.94. The number of rotatable bonds is 2. The SMILES string of the molecule is NCC1(c2c(O)c(F)cc3c2OCCO3)CCC1. The highest BCUT2D eigenvalue weighted by atomic mass is 19.1. The maximum absolute atomic E-state index is 13.8. The van der Waals surface area contributed by atoms with E-state index in [-0.39, 0.29) is 11.2 Å². The van der Waals surface area contributed by atoms with E-state index in [1.54, 1.807) is 0 Å². The van der Waals surface area contributed by atoms with Gasteiger partial charge in [-0.1, -0.05) is 6.42 Å². The van der Waals surface area contributed by atoms with Gasteiger partial charge >= 0.3 is 0 Å². The molecule has 1 fully saturated rings. The molecule has 0 atom stereocenters. The van der Waals surface area contributed by atoms with E-state index in [4.69, 9.17) is 15.2 Å². The van der Waals surface area contributed by atoms with Gasteiger partial charge in [-0.3, -0.25) is 0 Å². The van der Waals surface area contributed by atoms with Gasteiger partial charge in [0, 0.05) is 18.0 Å². The Balaban J connectivity index is 2.20. The van der Waals surface area contributed by atoms with E-state index in [0.29, 0.717) is 36.8 Å². The molecule has 1 aliphatic heterocycles. The number of nitrogens with two attached hydrogens (primary N) is 1. The van der Waals surface area contributed by atoms with E-state index in [1.165, 1.54) is 6.07 Å². The van der Waals surface area contributed by atoms with E-state index in [0.717, 1.165) is 19.3 Å². The van der Waals surface area contributed by atoms with Crippen molar-refractivity contribution in [2.45, 2.75) is 24.7 Å².